The fourth-order valence-electron chi connectivity index (χ4n) is 5.54. The van der Waals surface area contributed by atoms with Gasteiger partial charge >= 0.3 is 0 Å². The average Bonchev–Trinajstić information content (AvgIpc) is 3.28. The van der Waals surface area contributed by atoms with Crippen molar-refractivity contribution in [2.24, 2.45) is 17.8 Å². The van der Waals surface area contributed by atoms with Gasteiger partial charge in [0.2, 0.25) is 11.8 Å². The van der Waals surface area contributed by atoms with Crippen LogP contribution in [0, 0.1) is 23.6 Å². The summed E-state index contributed by atoms with van der Waals surface area (Å²) in [5, 5.41) is 6.02. The van der Waals surface area contributed by atoms with Crippen LogP contribution in [0.2, 0.25) is 0 Å². The quantitative estimate of drug-likeness (QED) is 0.788. The molecule has 1 aromatic carbocycles. The highest BCUT2D eigenvalue weighted by molar-refractivity contribution is 5.88. The largest absolute Gasteiger partial charge is 0.353 e. The molecule has 1 heterocycles. The molecule has 2 N–H and O–H groups in total. The van der Waals surface area contributed by atoms with E-state index in [4.69, 9.17) is 0 Å². The molecular weight excluding hydrogens is 357 g/mol. The Morgan fingerprint density at radius 3 is 2.93 bits per heavy atom. The van der Waals surface area contributed by atoms with E-state index in [1.165, 1.54) is 37.8 Å². The summed E-state index contributed by atoms with van der Waals surface area (Å²) >= 11 is 0. The molecule has 3 aliphatic rings. The standard InChI is InChI=1S/C22H30FN3O2/c1-14(19-11-15-5-6-17(19)9-15)25-21(27)12-20-22(28)24-7-8-26(20)13-16-3-2-4-18(23)10-16/h2-4,10,14-15,17,19-20H,5-9,11-13H2,1H3,(H,24,28)(H,25,27)/t14-,15-,17-,19-,20+/m0/s1. The molecule has 3 fully saturated rings. The van der Waals surface area contributed by atoms with Crippen molar-refractivity contribution in [2.75, 3.05) is 13.1 Å². The fourth-order valence-corrected chi connectivity index (χ4v) is 5.54. The molecule has 0 spiro atoms. The molecule has 5 nitrogen and oxygen atoms in total. The maximum atomic E-state index is 13.5. The van der Waals surface area contributed by atoms with Crippen molar-refractivity contribution in [3.8, 4) is 0 Å². The zero-order valence-corrected chi connectivity index (χ0v) is 16.5. The Kier molecular flexibility index (Phi) is 5.67. The summed E-state index contributed by atoms with van der Waals surface area (Å²) in [6.45, 7) is 3.77. The summed E-state index contributed by atoms with van der Waals surface area (Å²) in [6, 6.07) is 6.07. The Balaban J connectivity index is 1.36. The molecule has 0 unspecified atom stereocenters. The number of halogens is 1. The fraction of sp³-hybridized carbons (Fsp3) is 0.636. The molecule has 2 amide bonds. The summed E-state index contributed by atoms with van der Waals surface area (Å²) in [5.74, 6) is 1.70. The number of nitrogens with zero attached hydrogens (tertiary/aromatic N) is 1. The minimum absolute atomic E-state index is 0.0680. The van der Waals surface area contributed by atoms with E-state index in [9.17, 15) is 14.0 Å². The van der Waals surface area contributed by atoms with E-state index in [0.29, 0.717) is 25.6 Å². The molecule has 2 aliphatic carbocycles. The Morgan fingerprint density at radius 2 is 2.21 bits per heavy atom. The van der Waals surface area contributed by atoms with Crippen molar-refractivity contribution in [1.29, 1.82) is 0 Å². The van der Waals surface area contributed by atoms with E-state index in [2.05, 4.69) is 17.6 Å². The summed E-state index contributed by atoms with van der Waals surface area (Å²) in [5.41, 5.74) is 0.815. The minimum Gasteiger partial charge on any atom is -0.353 e. The third-order valence-corrected chi connectivity index (χ3v) is 6.92. The molecule has 152 valence electrons. The molecule has 2 bridgehead atoms. The van der Waals surface area contributed by atoms with Crippen molar-refractivity contribution in [3.05, 3.63) is 35.6 Å². The summed E-state index contributed by atoms with van der Waals surface area (Å²) in [6.07, 6.45) is 5.33. The number of hydrogen-bond donors (Lipinski definition) is 2. The van der Waals surface area contributed by atoms with Crippen LogP contribution < -0.4 is 10.6 Å². The number of nitrogens with one attached hydrogen (secondary N) is 2. The van der Waals surface area contributed by atoms with Crippen molar-refractivity contribution in [2.45, 2.75) is 57.7 Å². The van der Waals surface area contributed by atoms with Crippen LogP contribution in [0.3, 0.4) is 0 Å². The molecule has 6 heteroatoms. The molecule has 1 aliphatic heterocycles. The molecule has 0 aromatic heterocycles. The molecule has 5 atom stereocenters. The van der Waals surface area contributed by atoms with Crippen LogP contribution in [0.5, 0.6) is 0 Å². The Morgan fingerprint density at radius 1 is 1.36 bits per heavy atom. The minimum atomic E-state index is -0.510. The van der Waals surface area contributed by atoms with Gasteiger partial charge in [-0.15, -0.1) is 0 Å². The predicted octanol–water partition coefficient (Wildman–Crippen LogP) is 2.46. The van der Waals surface area contributed by atoms with Gasteiger partial charge in [-0.05, 0) is 61.6 Å². The van der Waals surface area contributed by atoms with Gasteiger partial charge in [-0.3, -0.25) is 14.5 Å². The number of piperazine rings is 1. The summed E-state index contributed by atoms with van der Waals surface area (Å²) < 4.78 is 13.5. The number of rotatable bonds is 6. The average molecular weight is 387 g/mol. The summed E-state index contributed by atoms with van der Waals surface area (Å²) in [4.78, 5) is 27.1. The highest BCUT2D eigenvalue weighted by Gasteiger charge is 2.42. The predicted molar refractivity (Wildman–Crippen MR) is 105 cm³/mol. The van der Waals surface area contributed by atoms with Gasteiger partial charge in [0.25, 0.3) is 0 Å². The van der Waals surface area contributed by atoms with E-state index in [0.717, 1.165) is 17.4 Å². The SMILES string of the molecule is C[C@H](NC(=O)C[C@@H]1C(=O)NCCN1Cc1cccc(F)c1)[C@@H]1C[C@H]2CC[C@H]1C2. The smallest absolute Gasteiger partial charge is 0.237 e. The monoisotopic (exact) mass is 387 g/mol. The number of carbonyl (C=O) groups is 2. The van der Waals surface area contributed by atoms with Crippen LogP contribution in [0.4, 0.5) is 4.39 Å². The van der Waals surface area contributed by atoms with E-state index in [-0.39, 0.29) is 30.1 Å². The lowest BCUT2D eigenvalue weighted by Crippen LogP contribution is -2.56. The van der Waals surface area contributed by atoms with Gasteiger partial charge < -0.3 is 10.6 Å². The first-order chi connectivity index (χ1) is 13.5. The van der Waals surface area contributed by atoms with Crippen molar-refractivity contribution in [3.63, 3.8) is 0 Å². The molecule has 4 rings (SSSR count). The number of carbonyl (C=O) groups excluding carboxylic acids is 2. The zero-order valence-electron chi connectivity index (χ0n) is 16.5. The van der Waals surface area contributed by atoms with E-state index >= 15 is 0 Å². The van der Waals surface area contributed by atoms with E-state index < -0.39 is 6.04 Å². The van der Waals surface area contributed by atoms with Crippen molar-refractivity contribution >= 4 is 11.8 Å². The zero-order chi connectivity index (χ0) is 19.7. The van der Waals surface area contributed by atoms with Gasteiger partial charge in [-0.25, -0.2) is 4.39 Å². The van der Waals surface area contributed by atoms with Crippen LogP contribution in [0.1, 0.15) is 44.6 Å². The van der Waals surface area contributed by atoms with Crippen molar-refractivity contribution < 1.29 is 14.0 Å². The highest BCUT2D eigenvalue weighted by Crippen LogP contribution is 2.49. The number of fused-ring (bicyclic) bond motifs is 2. The summed E-state index contributed by atoms with van der Waals surface area (Å²) in [7, 11) is 0. The van der Waals surface area contributed by atoms with Gasteiger partial charge in [0.1, 0.15) is 5.82 Å². The molecule has 1 saturated heterocycles. The highest BCUT2D eigenvalue weighted by atomic mass is 19.1. The normalized spacial score (nSPS) is 30.9. The van der Waals surface area contributed by atoms with Crippen LogP contribution in [-0.2, 0) is 16.1 Å². The lowest BCUT2D eigenvalue weighted by Gasteiger charge is -2.35. The molecule has 2 saturated carbocycles. The molecule has 0 radical (unpaired) electrons. The number of hydrogen-bond acceptors (Lipinski definition) is 3. The number of benzene rings is 1. The Hall–Kier alpha value is -1.95. The van der Waals surface area contributed by atoms with Gasteiger partial charge in [-0.2, -0.15) is 0 Å². The third kappa shape index (κ3) is 4.22. The van der Waals surface area contributed by atoms with Gasteiger partial charge in [0.15, 0.2) is 0 Å². The van der Waals surface area contributed by atoms with Gasteiger partial charge in [0.05, 0.1) is 12.5 Å². The topological polar surface area (TPSA) is 61.4 Å². The lowest BCUT2D eigenvalue weighted by atomic mass is 9.84. The number of amides is 2. The second kappa shape index (κ2) is 8.19. The maximum absolute atomic E-state index is 13.5. The Bertz CT molecular complexity index is 740. The Labute approximate surface area is 166 Å². The van der Waals surface area contributed by atoms with Crippen LogP contribution in [0.25, 0.3) is 0 Å². The third-order valence-electron chi connectivity index (χ3n) is 6.92. The van der Waals surface area contributed by atoms with Gasteiger partial charge in [0, 0.05) is 25.7 Å². The second-order valence-electron chi connectivity index (χ2n) is 8.81. The van der Waals surface area contributed by atoms with Crippen LogP contribution in [-0.4, -0.2) is 41.9 Å². The van der Waals surface area contributed by atoms with E-state index in [1.54, 1.807) is 6.07 Å². The maximum Gasteiger partial charge on any atom is 0.237 e. The van der Waals surface area contributed by atoms with Crippen LogP contribution >= 0.6 is 0 Å². The first kappa shape index (κ1) is 19.4. The van der Waals surface area contributed by atoms with Crippen molar-refractivity contribution in [1.82, 2.24) is 15.5 Å². The lowest BCUT2D eigenvalue weighted by molar-refractivity contribution is -0.134. The molecular formula is C22H30FN3O2. The van der Waals surface area contributed by atoms with E-state index in [1.807, 2.05) is 11.0 Å². The first-order valence-corrected chi connectivity index (χ1v) is 10.5. The van der Waals surface area contributed by atoms with Gasteiger partial charge in [-0.1, -0.05) is 18.6 Å². The first-order valence-electron chi connectivity index (χ1n) is 10.5. The second-order valence-corrected chi connectivity index (χ2v) is 8.81. The molecule has 1 aromatic rings. The molecule has 28 heavy (non-hydrogen) atoms. The van der Waals surface area contributed by atoms with Crippen LogP contribution in [0.15, 0.2) is 24.3 Å².